The molecule has 0 aliphatic carbocycles. The molecule has 0 radical (unpaired) electrons. The van der Waals surface area contributed by atoms with Gasteiger partial charge in [-0.1, -0.05) is 6.58 Å². The Hall–Kier alpha value is -1.20. The monoisotopic (exact) mass is 196 g/mol. The first-order chi connectivity index (χ1) is 5.85. The summed E-state index contributed by atoms with van der Waals surface area (Å²) in [4.78, 5) is 3.59. The fourth-order valence-electron chi connectivity index (χ4n) is 0.477. The fraction of sp³-hybridized carbons (Fsp3) is 0.571. The molecule has 0 aromatic carbocycles. The number of aliphatic imine (C=N–C) groups is 1. The summed E-state index contributed by atoms with van der Waals surface area (Å²) in [6, 6.07) is 0. The molecular formula is C7H11F3N2O. The first-order valence-electron chi connectivity index (χ1n) is 3.44. The number of methoxy groups -OCH3 is 1. The van der Waals surface area contributed by atoms with Crippen molar-refractivity contribution < 1.29 is 17.9 Å². The Labute approximate surface area is 74.3 Å². The molecule has 13 heavy (non-hydrogen) atoms. The Kier molecular flexibility index (Phi) is 4.30. The lowest BCUT2D eigenvalue weighted by Crippen LogP contribution is -2.27. The lowest BCUT2D eigenvalue weighted by molar-refractivity contribution is -0.123. The predicted molar refractivity (Wildman–Crippen MR) is 43.3 cm³/mol. The van der Waals surface area contributed by atoms with Crippen molar-refractivity contribution in [3.63, 3.8) is 0 Å². The van der Waals surface area contributed by atoms with Crippen LogP contribution in [0, 0.1) is 0 Å². The number of hydrogen-bond donors (Lipinski definition) is 1. The van der Waals surface area contributed by atoms with E-state index in [1.807, 2.05) is 5.32 Å². The summed E-state index contributed by atoms with van der Waals surface area (Å²) in [5.41, 5.74) is 0. The van der Waals surface area contributed by atoms with Crippen molar-refractivity contribution in [1.29, 1.82) is 0 Å². The van der Waals surface area contributed by atoms with Crippen molar-refractivity contribution in [2.24, 2.45) is 4.99 Å². The second-order valence-electron chi connectivity index (χ2n) is 2.25. The van der Waals surface area contributed by atoms with Crippen molar-refractivity contribution in [2.45, 2.75) is 13.1 Å². The molecule has 0 saturated heterocycles. The maximum Gasteiger partial charge on any atom is 0.405 e. The lowest BCUT2D eigenvalue weighted by Gasteiger charge is -2.08. The van der Waals surface area contributed by atoms with E-state index in [9.17, 15) is 13.2 Å². The highest BCUT2D eigenvalue weighted by Gasteiger charge is 2.26. The van der Waals surface area contributed by atoms with Crippen molar-refractivity contribution in [3.05, 3.63) is 12.4 Å². The minimum atomic E-state index is -4.26. The largest absolute Gasteiger partial charge is 0.484 e. The van der Waals surface area contributed by atoms with Gasteiger partial charge in [-0.3, -0.25) is 0 Å². The summed E-state index contributed by atoms with van der Waals surface area (Å²) in [6.45, 7) is 3.63. The molecule has 0 aliphatic heterocycles. The number of nitrogens with one attached hydrogen (secondary N) is 1. The number of nitrogens with zero attached hydrogens (tertiary/aromatic N) is 1. The topological polar surface area (TPSA) is 33.6 Å². The van der Waals surface area contributed by atoms with E-state index in [4.69, 9.17) is 0 Å². The van der Waals surface area contributed by atoms with Crippen LogP contribution in [0.15, 0.2) is 17.4 Å². The Balaban J connectivity index is 3.90. The van der Waals surface area contributed by atoms with Gasteiger partial charge in [0.15, 0.2) is 5.90 Å². The first-order valence-corrected chi connectivity index (χ1v) is 3.44. The van der Waals surface area contributed by atoms with E-state index in [1.165, 1.54) is 14.0 Å². The zero-order valence-corrected chi connectivity index (χ0v) is 7.40. The highest BCUT2D eigenvalue weighted by Crippen LogP contribution is 2.12. The van der Waals surface area contributed by atoms with Gasteiger partial charge in [-0.2, -0.15) is 13.2 Å². The second-order valence-corrected chi connectivity index (χ2v) is 2.25. The first kappa shape index (κ1) is 11.8. The number of halogens is 3. The Morgan fingerprint density at radius 2 is 2.08 bits per heavy atom. The van der Waals surface area contributed by atoms with Crippen molar-refractivity contribution in [3.8, 4) is 0 Å². The summed E-state index contributed by atoms with van der Waals surface area (Å²) < 4.78 is 39.6. The van der Waals surface area contributed by atoms with Gasteiger partial charge >= 0.3 is 6.18 Å². The smallest absolute Gasteiger partial charge is 0.405 e. The average Bonchev–Trinajstić information content (AvgIpc) is 1.99. The SMILES string of the molecule is C=C(/N=C(\C)OC)NCC(F)(F)F. The Morgan fingerprint density at radius 1 is 1.54 bits per heavy atom. The van der Waals surface area contributed by atoms with Crippen LogP contribution in [-0.4, -0.2) is 25.7 Å². The summed E-state index contributed by atoms with van der Waals surface area (Å²) in [6.07, 6.45) is -4.26. The van der Waals surface area contributed by atoms with Crippen LogP contribution in [0.5, 0.6) is 0 Å². The van der Waals surface area contributed by atoms with Gasteiger partial charge in [0.05, 0.1) is 7.11 Å². The maximum absolute atomic E-state index is 11.7. The number of ether oxygens (including phenoxy) is 1. The highest BCUT2D eigenvalue weighted by molar-refractivity contribution is 5.73. The molecule has 0 rings (SSSR count). The molecule has 76 valence electrons. The lowest BCUT2D eigenvalue weighted by atomic mass is 10.6. The normalized spacial score (nSPS) is 12.5. The molecular weight excluding hydrogens is 185 g/mol. The number of hydrogen-bond acceptors (Lipinski definition) is 3. The summed E-state index contributed by atoms with van der Waals surface area (Å²) in [7, 11) is 1.37. The average molecular weight is 196 g/mol. The van der Waals surface area contributed by atoms with Crippen molar-refractivity contribution >= 4 is 5.90 Å². The van der Waals surface area contributed by atoms with Crippen molar-refractivity contribution in [1.82, 2.24) is 5.32 Å². The molecule has 0 bridgehead atoms. The second kappa shape index (κ2) is 4.74. The molecule has 0 atom stereocenters. The van der Waals surface area contributed by atoms with E-state index in [-0.39, 0.29) is 11.7 Å². The molecule has 0 spiro atoms. The summed E-state index contributed by atoms with van der Waals surface area (Å²) in [5, 5.41) is 2.00. The summed E-state index contributed by atoms with van der Waals surface area (Å²) in [5.74, 6) is 0.177. The third-order valence-electron chi connectivity index (χ3n) is 1.08. The Morgan fingerprint density at radius 3 is 2.46 bits per heavy atom. The minimum Gasteiger partial charge on any atom is -0.484 e. The molecule has 6 heteroatoms. The van der Waals surface area contributed by atoms with Crippen LogP contribution < -0.4 is 5.32 Å². The number of alkyl halides is 3. The zero-order chi connectivity index (χ0) is 10.5. The quantitative estimate of drug-likeness (QED) is 0.550. The zero-order valence-electron chi connectivity index (χ0n) is 7.40. The number of rotatable bonds is 3. The van der Waals surface area contributed by atoms with Gasteiger partial charge in [0.2, 0.25) is 0 Å². The van der Waals surface area contributed by atoms with E-state index >= 15 is 0 Å². The third kappa shape index (κ3) is 7.17. The molecule has 0 aliphatic rings. The van der Waals surface area contributed by atoms with Gasteiger partial charge in [0, 0.05) is 6.92 Å². The molecule has 0 fully saturated rings. The van der Waals surface area contributed by atoms with E-state index in [1.54, 1.807) is 0 Å². The highest BCUT2D eigenvalue weighted by atomic mass is 19.4. The fourth-order valence-corrected chi connectivity index (χ4v) is 0.477. The summed E-state index contributed by atoms with van der Waals surface area (Å²) >= 11 is 0. The maximum atomic E-state index is 11.7. The Bertz CT molecular complexity index is 210. The van der Waals surface area contributed by atoms with Gasteiger partial charge in [-0.05, 0) is 0 Å². The van der Waals surface area contributed by atoms with Crippen LogP contribution in [-0.2, 0) is 4.74 Å². The van der Waals surface area contributed by atoms with Crippen LogP contribution in [0.25, 0.3) is 0 Å². The molecule has 0 aromatic rings. The molecule has 0 amide bonds. The van der Waals surface area contributed by atoms with Crippen LogP contribution in [0.2, 0.25) is 0 Å². The van der Waals surface area contributed by atoms with E-state index < -0.39 is 12.7 Å². The molecule has 0 unspecified atom stereocenters. The van der Waals surface area contributed by atoms with Crippen LogP contribution in [0.3, 0.4) is 0 Å². The molecule has 0 saturated carbocycles. The molecule has 0 heterocycles. The molecule has 3 nitrogen and oxygen atoms in total. The van der Waals surface area contributed by atoms with Gasteiger partial charge in [0.1, 0.15) is 12.4 Å². The van der Waals surface area contributed by atoms with Gasteiger partial charge in [-0.25, -0.2) is 4.99 Å². The van der Waals surface area contributed by atoms with Crippen LogP contribution in [0.4, 0.5) is 13.2 Å². The molecule has 0 aromatic heterocycles. The third-order valence-corrected chi connectivity index (χ3v) is 1.08. The standard InChI is InChI=1S/C7H11F3N2O/c1-5(12-6(2)13-3)11-4-7(8,9)10/h11H,1,4H2,2-3H3/b12-6+. The van der Waals surface area contributed by atoms with Crippen molar-refractivity contribution in [2.75, 3.05) is 13.7 Å². The van der Waals surface area contributed by atoms with E-state index in [0.29, 0.717) is 0 Å². The van der Waals surface area contributed by atoms with Gasteiger partial charge in [0.25, 0.3) is 0 Å². The van der Waals surface area contributed by atoms with Crippen LogP contribution >= 0.6 is 0 Å². The van der Waals surface area contributed by atoms with Crippen LogP contribution in [0.1, 0.15) is 6.92 Å². The van der Waals surface area contributed by atoms with E-state index in [0.717, 1.165) is 0 Å². The van der Waals surface area contributed by atoms with Gasteiger partial charge in [-0.15, -0.1) is 0 Å². The van der Waals surface area contributed by atoms with Gasteiger partial charge < -0.3 is 10.1 Å². The minimum absolute atomic E-state index is 0.0725. The van der Waals surface area contributed by atoms with E-state index in [2.05, 4.69) is 16.3 Å². The molecule has 1 N–H and O–H groups in total. The predicted octanol–water partition coefficient (Wildman–Crippen LogP) is 1.67.